The Balaban J connectivity index is 2.20. The molecule has 0 aromatic heterocycles. The topological polar surface area (TPSA) is 50.7 Å². The molecule has 25 heavy (non-hydrogen) atoms. The molecule has 130 valence electrons. The molecule has 1 N–H and O–H groups in total. The first-order chi connectivity index (χ1) is 11.8. The van der Waals surface area contributed by atoms with Gasteiger partial charge >= 0.3 is 6.18 Å². The first kappa shape index (κ1) is 17.3. The van der Waals surface area contributed by atoms with Gasteiger partial charge in [0.1, 0.15) is 5.75 Å². The van der Waals surface area contributed by atoms with Gasteiger partial charge in [-0.3, -0.25) is 9.79 Å². The van der Waals surface area contributed by atoms with Gasteiger partial charge in [-0.2, -0.15) is 13.2 Å². The Labute approximate surface area is 146 Å². The third-order valence-electron chi connectivity index (χ3n) is 3.56. The van der Waals surface area contributed by atoms with Gasteiger partial charge in [0.15, 0.2) is 6.61 Å². The van der Waals surface area contributed by atoms with Crippen molar-refractivity contribution >= 4 is 35.1 Å². The Morgan fingerprint density at radius 3 is 2.72 bits per heavy atom. The van der Waals surface area contributed by atoms with E-state index in [1.54, 1.807) is 6.92 Å². The Morgan fingerprint density at radius 1 is 1.28 bits per heavy atom. The lowest BCUT2D eigenvalue weighted by Gasteiger charge is -2.20. The van der Waals surface area contributed by atoms with Crippen molar-refractivity contribution in [1.29, 1.82) is 0 Å². The summed E-state index contributed by atoms with van der Waals surface area (Å²) in [5.74, 6) is 0.0136. The normalized spacial score (nSPS) is 14.2. The van der Waals surface area contributed by atoms with Gasteiger partial charge in [-0.15, -0.1) is 0 Å². The number of amides is 1. The predicted molar refractivity (Wildman–Crippen MR) is 89.8 cm³/mol. The van der Waals surface area contributed by atoms with Crippen molar-refractivity contribution in [3.05, 3.63) is 40.9 Å². The maximum Gasteiger partial charge on any atom is 0.417 e. The minimum absolute atomic E-state index is 0.0848. The molecule has 2 aromatic carbocycles. The SMILES string of the molecule is CC=Nc1cc(Cl)c(-c2ccc3c(c2)NC(=O)CO3)c(C(F)(F)F)c1. The molecule has 2 aromatic rings. The van der Waals surface area contributed by atoms with Crippen molar-refractivity contribution in [2.24, 2.45) is 4.99 Å². The van der Waals surface area contributed by atoms with E-state index in [0.717, 1.165) is 6.07 Å². The van der Waals surface area contributed by atoms with E-state index in [9.17, 15) is 18.0 Å². The average molecular weight is 369 g/mol. The second-order valence-corrected chi connectivity index (χ2v) is 5.69. The summed E-state index contributed by atoms with van der Waals surface area (Å²) in [4.78, 5) is 15.3. The lowest BCUT2D eigenvalue weighted by molar-refractivity contribution is -0.137. The Hall–Kier alpha value is -2.54. The highest BCUT2D eigenvalue weighted by Gasteiger charge is 2.35. The van der Waals surface area contributed by atoms with Crippen LogP contribution in [0.3, 0.4) is 0 Å². The highest BCUT2D eigenvalue weighted by Crippen LogP contribution is 2.45. The zero-order valence-corrected chi connectivity index (χ0v) is 13.7. The minimum atomic E-state index is -4.62. The van der Waals surface area contributed by atoms with E-state index in [0.29, 0.717) is 11.4 Å². The molecule has 3 rings (SSSR count). The molecule has 0 unspecified atom stereocenters. The maximum atomic E-state index is 13.5. The Morgan fingerprint density at radius 2 is 2.04 bits per heavy atom. The number of nitrogens with zero attached hydrogens (tertiary/aromatic N) is 1. The number of carbonyl (C=O) groups is 1. The standard InChI is InChI=1S/C17H12ClF3N2O2/c1-2-22-10-6-11(17(19,20)21)16(12(18)7-10)9-3-4-14-13(5-9)23-15(24)8-25-14/h2-7H,8H2,1H3,(H,23,24). The summed E-state index contributed by atoms with van der Waals surface area (Å²) in [6, 6.07) is 6.68. The van der Waals surface area contributed by atoms with Crippen LogP contribution in [-0.2, 0) is 11.0 Å². The number of nitrogens with one attached hydrogen (secondary N) is 1. The van der Waals surface area contributed by atoms with E-state index in [-0.39, 0.29) is 34.4 Å². The fourth-order valence-electron chi connectivity index (χ4n) is 2.57. The van der Waals surface area contributed by atoms with E-state index in [2.05, 4.69) is 10.3 Å². The minimum Gasteiger partial charge on any atom is -0.482 e. The number of halogens is 4. The van der Waals surface area contributed by atoms with Crippen LogP contribution in [0.1, 0.15) is 12.5 Å². The predicted octanol–water partition coefficient (Wildman–Crippen LogP) is 5.08. The van der Waals surface area contributed by atoms with Gasteiger partial charge in [0.25, 0.3) is 5.91 Å². The number of aliphatic imine (C=N–C) groups is 1. The number of anilines is 1. The third-order valence-corrected chi connectivity index (χ3v) is 3.86. The molecule has 1 heterocycles. The van der Waals surface area contributed by atoms with Crippen LogP contribution in [0.4, 0.5) is 24.5 Å². The largest absolute Gasteiger partial charge is 0.482 e. The summed E-state index contributed by atoms with van der Waals surface area (Å²) >= 11 is 6.13. The monoisotopic (exact) mass is 368 g/mol. The molecule has 0 saturated heterocycles. The van der Waals surface area contributed by atoms with Gasteiger partial charge in [0.2, 0.25) is 0 Å². The number of rotatable bonds is 2. The molecule has 1 aliphatic rings. The first-order valence-electron chi connectivity index (χ1n) is 7.26. The molecule has 1 aliphatic heterocycles. The highest BCUT2D eigenvalue weighted by atomic mass is 35.5. The van der Waals surface area contributed by atoms with Crippen molar-refractivity contribution in [2.45, 2.75) is 13.1 Å². The van der Waals surface area contributed by atoms with Crippen LogP contribution in [-0.4, -0.2) is 18.7 Å². The molecule has 4 nitrogen and oxygen atoms in total. The summed E-state index contributed by atoms with van der Waals surface area (Å²) in [7, 11) is 0. The quantitative estimate of drug-likeness (QED) is 0.751. The second kappa shape index (κ2) is 6.40. The molecular formula is C17H12ClF3N2O2. The molecule has 0 fully saturated rings. The van der Waals surface area contributed by atoms with Gasteiger partial charge in [-0.25, -0.2) is 0 Å². The summed E-state index contributed by atoms with van der Waals surface area (Å²) in [6.45, 7) is 1.46. The summed E-state index contributed by atoms with van der Waals surface area (Å²) in [5.41, 5.74) is -0.448. The smallest absolute Gasteiger partial charge is 0.417 e. The van der Waals surface area contributed by atoms with Crippen molar-refractivity contribution < 1.29 is 22.7 Å². The zero-order chi connectivity index (χ0) is 18.2. The fraction of sp³-hybridized carbons (Fsp3) is 0.176. The van der Waals surface area contributed by atoms with Crippen LogP contribution in [0.25, 0.3) is 11.1 Å². The number of alkyl halides is 3. The zero-order valence-electron chi connectivity index (χ0n) is 12.9. The van der Waals surface area contributed by atoms with Crippen LogP contribution in [0.5, 0.6) is 5.75 Å². The number of benzene rings is 2. The third kappa shape index (κ3) is 3.46. The first-order valence-corrected chi connectivity index (χ1v) is 7.64. The van der Waals surface area contributed by atoms with Crippen LogP contribution in [0.2, 0.25) is 5.02 Å². The lowest BCUT2D eigenvalue weighted by Crippen LogP contribution is -2.25. The van der Waals surface area contributed by atoms with E-state index in [1.165, 1.54) is 30.5 Å². The van der Waals surface area contributed by atoms with Crippen LogP contribution in [0, 0.1) is 0 Å². The van der Waals surface area contributed by atoms with Crippen molar-refractivity contribution in [3.63, 3.8) is 0 Å². The highest BCUT2D eigenvalue weighted by molar-refractivity contribution is 6.34. The summed E-state index contributed by atoms with van der Waals surface area (Å²) in [6.07, 6.45) is -3.23. The molecule has 0 bridgehead atoms. The van der Waals surface area contributed by atoms with Crippen LogP contribution >= 0.6 is 11.6 Å². The second-order valence-electron chi connectivity index (χ2n) is 5.28. The van der Waals surface area contributed by atoms with Crippen LogP contribution < -0.4 is 10.1 Å². The molecule has 0 aliphatic carbocycles. The van der Waals surface area contributed by atoms with E-state index < -0.39 is 11.7 Å². The molecule has 1 amide bonds. The molecule has 0 spiro atoms. The van der Waals surface area contributed by atoms with Crippen molar-refractivity contribution in [1.82, 2.24) is 0 Å². The number of hydrogen-bond donors (Lipinski definition) is 1. The van der Waals surface area contributed by atoms with Gasteiger partial charge < -0.3 is 10.1 Å². The van der Waals surface area contributed by atoms with Gasteiger partial charge in [-0.1, -0.05) is 17.7 Å². The van der Waals surface area contributed by atoms with Crippen LogP contribution in [0.15, 0.2) is 35.3 Å². The molecular weight excluding hydrogens is 357 g/mol. The van der Waals surface area contributed by atoms with E-state index in [4.69, 9.17) is 16.3 Å². The summed E-state index contributed by atoms with van der Waals surface area (Å²) in [5, 5.41) is 2.48. The molecule has 0 radical (unpaired) electrons. The summed E-state index contributed by atoms with van der Waals surface area (Å²) < 4.78 is 45.8. The van der Waals surface area contributed by atoms with E-state index in [1.807, 2.05) is 0 Å². The van der Waals surface area contributed by atoms with Gasteiger partial charge in [0.05, 0.1) is 22.0 Å². The van der Waals surface area contributed by atoms with Crippen molar-refractivity contribution in [3.8, 4) is 16.9 Å². The number of hydrogen-bond acceptors (Lipinski definition) is 3. The maximum absolute atomic E-state index is 13.5. The molecule has 0 atom stereocenters. The molecule has 0 saturated carbocycles. The number of fused-ring (bicyclic) bond motifs is 1. The Kier molecular flexibility index (Phi) is 4.43. The average Bonchev–Trinajstić information content (AvgIpc) is 2.53. The number of carbonyl (C=O) groups excluding carboxylic acids is 1. The number of ether oxygens (including phenoxy) is 1. The Bertz CT molecular complexity index is 879. The lowest BCUT2D eigenvalue weighted by atomic mass is 9.97. The van der Waals surface area contributed by atoms with E-state index >= 15 is 0 Å². The van der Waals surface area contributed by atoms with Gasteiger partial charge in [-0.05, 0) is 36.8 Å². The molecule has 8 heteroatoms. The van der Waals surface area contributed by atoms with Crippen molar-refractivity contribution in [2.75, 3.05) is 11.9 Å². The fourth-order valence-corrected chi connectivity index (χ4v) is 2.89. The van der Waals surface area contributed by atoms with Gasteiger partial charge in [0, 0.05) is 11.8 Å².